The number of nitrogens with one attached hydrogen (secondary N) is 1. The first-order valence-corrected chi connectivity index (χ1v) is 9.39. The van der Waals surface area contributed by atoms with Gasteiger partial charge in [0.2, 0.25) is 5.91 Å². The second kappa shape index (κ2) is 8.72. The fraction of sp³-hybridized carbons (Fsp3) is 0.333. The number of aromatic nitrogens is 1. The van der Waals surface area contributed by atoms with E-state index in [1.165, 1.54) is 18.5 Å². The number of carbonyl (C=O) groups is 3. The molecule has 1 saturated heterocycles. The molecule has 8 nitrogen and oxygen atoms in total. The fourth-order valence-electron chi connectivity index (χ4n) is 3.51. The first-order chi connectivity index (χ1) is 13.9. The highest BCUT2D eigenvalue weighted by molar-refractivity contribution is 6.39. The van der Waals surface area contributed by atoms with Gasteiger partial charge in [0.15, 0.2) is 0 Å². The summed E-state index contributed by atoms with van der Waals surface area (Å²) in [4.78, 5) is 42.3. The molecule has 0 unspecified atom stereocenters. The van der Waals surface area contributed by atoms with Gasteiger partial charge in [0, 0.05) is 12.7 Å². The molecule has 2 aromatic rings. The molecule has 2 heterocycles. The van der Waals surface area contributed by atoms with E-state index < -0.39 is 17.7 Å². The Balaban J connectivity index is 1.78. The molecule has 3 rings (SSSR count). The van der Waals surface area contributed by atoms with E-state index in [0.29, 0.717) is 12.5 Å². The summed E-state index contributed by atoms with van der Waals surface area (Å²) in [5.74, 6) is -1.04. The van der Waals surface area contributed by atoms with Crippen LogP contribution >= 0.6 is 0 Å². The SMILES string of the molecule is COc1ccc([C@H]2CC[C@H](C)CN2C(=O)C(=O)Nc2cncc(C(N)=O)c2)cc1. The number of rotatable bonds is 4. The summed E-state index contributed by atoms with van der Waals surface area (Å²) in [5.41, 5.74) is 6.58. The molecule has 0 spiro atoms. The average Bonchev–Trinajstić information content (AvgIpc) is 2.73. The number of hydrogen-bond donors (Lipinski definition) is 2. The number of nitrogens with zero attached hydrogens (tertiary/aromatic N) is 2. The van der Waals surface area contributed by atoms with Crippen molar-refractivity contribution in [2.45, 2.75) is 25.8 Å². The monoisotopic (exact) mass is 396 g/mol. The van der Waals surface area contributed by atoms with Crippen molar-refractivity contribution < 1.29 is 19.1 Å². The molecule has 0 radical (unpaired) electrons. The van der Waals surface area contributed by atoms with E-state index in [1.807, 2.05) is 24.3 Å². The lowest BCUT2D eigenvalue weighted by Gasteiger charge is -2.38. The van der Waals surface area contributed by atoms with E-state index in [1.54, 1.807) is 12.0 Å². The highest BCUT2D eigenvalue weighted by atomic mass is 16.5. The van der Waals surface area contributed by atoms with Crippen LogP contribution in [0.15, 0.2) is 42.7 Å². The smallest absolute Gasteiger partial charge is 0.313 e. The van der Waals surface area contributed by atoms with E-state index in [9.17, 15) is 14.4 Å². The number of benzene rings is 1. The molecule has 152 valence electrons. The summed E-state index contributed by atoms with van der Waals surface area (Å²) in [7, 11) is 1.60. The summed E-state index contributed by atoms with van der Waals surface area (Å²) in [5, 5.41) is 2.52. The standard InChI is InChI=1S/C21H24N4O4/c1-13-3-8-18(14-4-6-17(29-2)7-5-14)25(12-13)21(28)20(27)24-16-9-15(19(22)26)10-23-11-16/h4-7,9-11,13,18H,3,8,12H2,1-2H3,(H2,22,26)(H,24,27)/t13-,18+/m0/s1. The minimum Gasteiger partial charge on any atom is -0.497 e. The molecule has 0 saturated carbocycles. The zero-order valence-corrected chi connectivity index (χ0v) is 16.4. The lowest BCUT2D eigenvalue weighted by Crippen LogP contribution is -2.46. The van der Waals surface area contributed by atoms with Crippen molar-refractivity contribution in [3.8, 4) is 5.75 Å². The number of piperidine rings is 1. The van der Waals surface area contributed by atoms with Gasteiger partial charge < -0.3 is 20.7 Å². The van der Waals surface area contributed by atoms with Crippen molar-refractivity contribution >= 4 is 23.4 Å². The quantitative estimate of drug-likeness (QED) is 0.769. The first kappa shape index (κ1) is 20.3. The highest BCUT2D eigenvalue weighted by Crippen LogP contribution is 2.34. The lowest BCUT2D eigenvalue weighted by molar-refractivity contribution is -0.146. The topological polar surface area (TPSA) is 115 Å². The molecule has 29 heavy (non-hydrogen) atoms. The lowest BCUT2D eigenvalue weighted by atomic mass is 9.89. The molecule has 1 fully saturated rings. The number of hydrogen-bond acceptors (Lipinski definition) is 5. The Morgan fingerprint density at radius 1 is 1.17 bits per heavy atom. The van der Waals surface area contributed by atoms with Gasteiger partial charge in [-0.15, -0.1) is 0 Å². The van der Waals surface area contributed by atoms with Crippen LogP contribution in [0, 0.1) is 5.92 Å². The van der Waals surface area contributed by atoms with Crippen LogP contribution in [0.3, 0.4) is 0 Å². The first-order valence-electron chi connectivity index (χ1n) is 9.39. The van der Waals surface area contributed by atoms with Crippen LogP contribution in [0.2, 0.25) is 0 Å². The molecule has 1 aliphatic heterocycles. The third kappa shape index (κ3) is 4.71. The largest absolute Gasteiger partial charge is 0.497 e. The van der Waals surface area contributed by atoms with E-state index in [2.05, 4.69) is 17.2 Å². The van der Waals surface area contributed by atoms with Gasteiger partial charge in [-0.25, -0.2) is 0 Å². The molecule has 1 aliphatic rings. The van der Waals surface area contributed by atoms with Crippen LogP contribution in [0.1, 0.15) is 41.7 Å². The van der Waals surface area contributed by atoms with Crippen LogP contribution in [0.5, 0.6) is 5.75 Å². The third-order valence-electron chi connectivity index (χ3n) is 5.05. The number of nitrogens with two attached hydrogens (primary N) is 1. The minimum absolute atomic E-state index is 0.151. The Morgan fingerprint density at radius 3 is 2.55 bits per heavy atom. The van der Waals surface area contributed by atoms with Gasteiger partial charge in [0.1, 0.15) is 5.75 Å². The van der Waals surface area contributed by atoms with Crippen molar-refractivity contribution in [3.63, 3.8) is 0 Å². The van der Waals surface area contributed by atoms with Gasteiger partial charge in [0.05, 0.1) is 30.6 Å². The number of methoxy groups -OCH3 is 1. The van der Waals surface area contributed by atoms with Crippen LogP contribution < -0.4 is 15.8 Å². The molecule has 1 aromatic heterocycles. The number of ether oxygens (including phenoxy) is 1. The number of pyridine rings is 1. The Kier molecular flexibility index (Phi) is 6.11. The number of amides is 3. The number of anilines is 1. The van der Waals surface area contributed by atoms with Gasteiger partial charge in [-0.05, 0) is 42.5 Å². The number of primary amides is 1. The third-order valence-corrected chi connectivity index (χ3v) is 5.05. The van der Waals surface area contributed by atoms with Gasteiger partial charge in [-0.1, -0.05) is 19.1 Å². The maximum atomic E-state index is 13.0. The van der Waals surface area contributed by atoms with Crippen molar-refractivity contribution in [3.05, 3.63) is 53.9 Å². The Bertz CT molecular complexity index is 913. The summed E-state index contributed by atoms with van der Waals surface area (Å²) in [6.45, 7) is 2.55. The summed E-state index contributed by atoms with van der Waals surface area (Å²) >= 11 is 0. The van der Waals surface area contributed by atoms with Crippen LogP contribution in [-0.2, 0) is 9.59 Å². The maximum Gasteiger partial charge on any atom is 0.313 e. The molecule has 8 heteroatoms. The molecule has 3 amide bonds. The van der Waals surface area contributed by atoms with Gasteiger partial charge in [-0.3, -0.25) is 19.4 Å². The van der Waals surface area contributed by atoms with Gasteiger partial charge in [0.25, 0.3) is 0 Å². The van der Waals surface area contributed by atoms with Crippen molar-refractivity contribution in [2.75, 3.05) is 19.0 Å². The van der Waals surface area contributed by atoms with E-state index in [-0.39, 0.29) is 17.3 Å². The van der Waals surface area contributed by atoms with Crippen LogP contribution in [0.25, 0.3) is 0 Å². The van der Waals surface area contributed by atoms with Crippen LogP contribution in [0.4, 0.5) is 5.69 Å². The van der Waals surface area contributed by atoms with Crippen molar-refractivity contribution in [1.82, 2.24) is 9.88 Å². The highest BCUT2D eigenvalue weighted by Gasteiger charge is 2.34. The van der Waals surface area contributed by atoms with Gasteiger partial charge >= 0.3 is 11.8 Å². The Hall–Kier alpha value is -3.42. The molecular weight excluding hydrogens is 372 g/mol. The molecule has 1 aromatic carbocycles. The second-order valence-electron chi connectivity index (χ2n) is 7.21. The Morgan fingerprint density at radius 2 is 1.90 bits per heavy atom. The van der Waals surface area contributed by atoms with E-state index in [4.69, 9.17) is 10.5 Å². The molecule has 3 N–H and O–H groups in total. The molecule has 2 atom stereocenters. The molecule has 0 aliphatic carbocycles. The summed E-state index contributed by atoms with van der Waals surface area (Å²) in [6.07, 6.45) is 4.39. The average molecular weight is 396 g/mol. The van der Waals surface area contributed by atoms with Crippen molar-refractivity contribution in [1.29, 1.82) is 0 Å². The second-order valence-corrected chi connectivity index (χ2v) is 7.21. The molecular formula is C21H24N4O4. The molecule has 0 bridgehead atoms. The number of likely N-dealkylation sites (tertiary alicyclic amines) is 1. The maximum absolute atomic E-state index is 13.0. The van der Waals surface area contributed by atoms with Gasteiger partial charge in [-0.2, -0.15) is 0 Å². The minimum atomic E-state index is -0.777. The van der Waals surface area contributed by atoms with E-state index >= 15 is 0 Å². The summed E-state index contributed by atoms with van der Waals surface area (Å²) < 4.78 is 5.20. The van der Waals surface area contributed by atoms with Crippen LogP contribution in [-0.4, -0.2) is 41.3 Å². The number of carbonyl (C=O) groups excluding carboxylic acids is 3. The summed E-state index contributed by atoms with van der Waals surface area (Å²) in [6, 6.07) is 8.72. The zero-order valence-electron chi connectivity index (χ0n) is 16.4. The normalized spacial score (nSPS) is 18.8. The van der Waals surface area contributed by atoms with E-state index in [0.717, 1.165) is 24.2 Å². The predicted molar refractivity (Wildman–Crippen MR) is 107 cm³/mol. The Labute approximate surface area is 169 Å². The predicted octanol–water partition coefficient (Wildman–Crippen LogP) is 2.13. The zero-order chi connectivity index (χ0) is 21.0. The van der Waals surface area contributed by atoms with Crippen molar-refractivity contribution in [2.24, 2.45) is 11.7 Å². The fourth-order valence-corrected chi connectivity index (χ4v) is 3.51.